The Morgan fingerprint density at radius 2 is 1.61 bits per heavy atom. The van der Waals surface area contributed by atoms with Gasteiger partial charge in [-0.3, -0.25) is 9.59 Å². The van der Waals surface area contributed by atoms with E-state index < -0.39 is 47.6 Å². The third-order valence-electron chi connectivity index (χ3n) is 6.59. The Hall–Kier alpha value is -3.06. The van der Waals surface area contributed by atoms with Crippen LogP contribution in [0.4, 0.5) is 22.0 Å². The van der Waals surface area contributed by atoms with Gasteiger partial charge in [0.25, 0.3) is 12.3 Å². The van der Waals surface area contributed by atoms with E-state index >= 15 is 0 Å². The van der Waals surface area contributed by atoms with Gasteiger partial charge in [0.2, 0.25) is 5.91 Å². The second kappa shape index (κ2) is 10.5. The highest BCUT2D eigenvalue weighted by Gasteiger charge is 2.34. The average Bonchev–Trinajstić information content (AvgIpc) is 3.21. The summed E-state index contributed by atoms with van der Waals surface area (Å²) in [5, 5.41) is 0. The minimum atomic E-state index is -2.89. The minimum Gasteiger partial charge on any atom is -0.335 e. The van der Waals surface area contributed by atoms with E-state index in [4.69, 9.17) is 5.73 Å². The van der Waals surface area contributed by atoms with Gasteiger partial charge in [0.15, 0.2) is 23.2 Å². The van der Waals surface area contributed by atoms with Crippen LogP contribution in [0.3, 0.4) is 0 Å². The number of halogens is 5. The van der Waals surface area contributed by atoms with Crippen molar-refractivity contribution in [2.75, 3.05) is 39.8 Å². The van der Waals surface area contributed by atoms with Gasteiger partial charge in [0, 0.05) is 57.8 Å². The normalized spacial score (nSPS) is 17.4. The molecule has 1 atom stereocenters. The lowest BCUT2D eigenvalue weighted by atomic mass is 10.0. The number of likely N-dealkylation sites (N-methyl/N-ethyl adjacent to an activating group) is 1. The molecule has 2 amide bonds. The topological polar surface area (TPSA) is 87.7 Å². The van der Waals surface area contributed by atoms with Crippen molar-refractivity contribution in [1.29, 1.82) is 0 Å². The molecule has 2 aliphatic rings. The van der Waals surface area contributed by atoms with Crippen molar-refractivity contribution in [3.63, 3.8) is 0 Å². The van der Waals surface area contributed by atoms with E-state index in [2.05, 4.69) is 4.98 Å². The smallest absolute Gasteiger partial charge is 0.295 e. The number of fused-ring (bicyclic) bond motifs is 1. The maximum absolute atomic E-state index is 13.9. The highest BCUT2D eigenvalue weighted by Crippen LogP contribution is 2.27. The van der Waals surface area contributed by atoms with Gasteiger partial charge in [-0.2, -0.15) is 0 Å². The van der Waals surface area contributed by atoms with Gasteiger partial charge in [-0.25, -0.2) is 26.9 Å². The first-order valence-electron chi connectivity index (χ1n) is 11.6. The van der Waals surface area contributed by atoms with Crippen molar-refractivity contribution in [3.05, 3.63) is 52.4 Å². The summed E-state index contributed by atoms with van der Waals surface area (Å²) in [4.78, 5) is 35.0. The zero-order chi connectivity index (χ0) is 26.1. The van der Waals surface area contributed by atoms with Gasteiger partial charge in [-0.15, -0.1) is 0 Å². The maximum atomic E-state index is 13.9. The quantitative estimate of drug-likeness (QED) is 0.470. The van der Waals surface area contributed by atoms with E-state index in [1.165, 1.54) is 9.47 Å². The molecule has 0 saturated carbocycles. The van der Waals surface area contributed by atoms with Crippen LogP contribution in [0.25, 0.3) is 0 Å². The largest absolute Gasteiger partial charge is 0.335 e. The number of rotatable bonds is 6. The van der Waals surface area contributed by atoms with Crippen LogP contribution in [0, 0.1) is 17.5 Å². The molecule has 1 aromatic carbocycles. The predicted molar refractivity (Wildman–Crippen MR) is 119 cm³/mol. The predicted octanol–water partition coefficient (Wildman–Crippen LogP) is 1.93. The van der Waals surface area contributed by atoms with E-state index in [-0.39, 0.29) is 49.4 Å². The summed E-state index contributed by atoms with van der Waals surface area (Å²) in [6.07, 6.45) is -3.33. The molecule has 1 aromatic heterocycles. The van der Waals surface area contributed by atoms with Crippen molar-refractivity contribution in [1.82, 2.24) is 24.3 Å². The lowest BCUT2D eigenvalue weighted by molar-refractivity contribution is -0.133. The highest BCUT2D eigenvalue weighted by atomic mass is 19.3. The molecule has 196 valence electrons. The van der Waals surface area contributed by atoms with Crippen LogP contribution in [0.2, 0.25) is 0 Å². The molecule has 2 N–H and O–H groups in total. The summed E-state index contributed by atoms with van der Waals surface area (Å²) in [6, 6.07) is 0.230. The first-order valence-corrected chi connectivity index (χ1v) is 11.6. The summed E-state index contributed by atoms with van der Waals surface area (Å²) >= 11 is 0. The molecular weight excluding hydrogens is 487 g/mol. The number of nitrogens with zero attached hydrogens (tertiary/aromatic N) is 5. The molecule has 8 nitrogen and oxygen atoms in total. The summed E-state index contributed by atoms with van der Waals surface area (Å²) in [5.41, 5.74) is 5.96. The number of carbonyl (C=O) groups is 2. The van der Waals surface area contributed by atoms with E-state index in [9.17, 15) is 31.5 Å². The number of hydrogen-bond donors (Lipinski definition) is 1. The van der Waals surface area contributed by atoms with Crippen molar-refractivity contribution in [2.45, 2.75) is 38.4 Å². The Labute approximate surface area is 204 Å². The number of piperazine rings is 1. The number of benzene rings is 1. The molecule has 4 rings (SSSR count). The third kappa shape index (κ3) is 5.36. The van der Waals surface area contributed by atoms with Crippen molar-refractivity contribution >= 4 is 11.8 Å². The molecular formula is C23H27F5N6O2. The van der Waals surface area contributed by atoms with Crippen molar-refractivity contribution in [2.24, 2.45) is 5.73 Å². The zero-order valence-corrected chi connectivity index (χ0v) is 19.7. The average molecular weight is 514 g/mol. The lowest BCUT2D eigenvalue weighted by Crippen LogP contribution is -2.48. The maximum Gasteiger partial charge on any atom is 0.295 e. The summed E-state index contributed by atoms with van der Waals surface area (Å²) in [6.45, 7) is 2.16. The fourth-order valence-electron chi connectivity index (χ4n) is 4.53. The van der Waals surface area contributed by atoms with Crippen molar-refractivity contribution < 1.29 is 31.5 Å². The number of amides is 2. The fraction of sp³-hybridized carbons (Fsp3) is 0.522. The molecule has 1 fully saturated rings. The van der Waals surface area contributed by atoms with Crippen molar-refractivity contribution in [3.8, 4) is 0 Å². The third-order valence-corrected chi connectivity index (χ3v) is 6.59. The van der Waals surface area contributed by atoms with Gasteiger partial charge in [0.1, 0.15) is 5.82 Å². The molecule has 0 bridgehead atoms. The molecule has 2 aliphatic heterocycles. The van der Waals surface area contributed by atoms with E-state index in [1.54, 1.807) is 4.90 Å². The van der Waals surface area contributed by atoms with Gasteiger partial charge >= 0.3 is 0 Å². The lowest BCUT2D eigenvalue weighted by Gasteiger charge is -2.33. The van der Waals surface area contributed by atoms with Gasteiger partial charge in [-0.05, 0) is 25.1 Å². The van der Waals surface area contributed by atoms with Crippen LogP contribution in [0.1, 0.15) is 40.4 Å². The Bertz CT molecular complexity index is 1150. The molecule has 0 radical (unpaired) electrons. The second-order valence-corrected chi connectivity index (χ2v) is 9.15. The molecule has 1 saturated heterocycles. The zero-order valence-electron chi connectivity index (χ0n) is 19.7. The SMILES string of the molecule is CN1CCN(C(=O)c2nc(C(F)F)n3c2CN(C(=O)CC(N)Cc2cc(F)c(F)cc2F)CC3)CC1. The molecule has 0 spiro atoms. The Kier molecular flexibility index (Phi) is 7.59. The molecule has 13 heteroatoms. The molecule has 3 heterocycles. The first-order chi connectivity index (χ1) is 17.0. The Morgan fingerprint density at radius 1 is 0.972 bits per heavy atom. The van der Waals surface area contributed by atoms with Crippen LogP contribution < -0.4 is 5.73 Å². The Balaban J connectivity index is 1.48. The van der Waals surface area contributed by atoms with E-state index in [0.29, 0.717) is 38.3 Å². The van der Waals surface area contributed by atoms with Crippen LogP contribution in [0.5, 0.6) is 0 Å². The molecule has 36 heavy (non-hydrogen) atoms. The van der Waals surface area contributed by atoms with E-state index in [1.807, 2.05) is 11.9 Å². The summed E-state index contributed by atoms with van der Waals surface area (Å²) < 4.78 is 69.2. The summed E-state index contributed by atoms with van der Waals surface area (Å²) in [7, 11) is 1.92. The summed E-state index contributed by atoms with van der Waals surface area (Å²) in [5.74, 6) is -4.92. The van der Waals surface area contributed by atoms with Crippen LogP contribution in [-0.2, 0) is 24.3 Å². The fourth-order valence-corrected chi connectivity index (χ4v) is 4.53. The molecule has 2 aromatic rings. The number of alkyl halides is 2. The van der Waals surface area contributed by atoms with Gasteiger partial charge < -0.3 is 25.0 Å². The number of carbonyl (C=O) groups excluding carboxylic acids is 2. The van der Waals surface area contributed by atoms with Gasteiger partial charge in [-0.1, -0.05) is 0 Å². The number of hydrogen-bond acceptors (Lipinski definition) is 5. The van der Waals surface area contributed by atoms with Crippen LogP contribution >= 0.6 is 0 Å². The molecule has 0 aliphatic carbocycles. The molecule has 1 unspecified atom stereocenters. The number of nitrogens with two attached hydrogens (primary N) is 1. The van der Waals surface area contributed by atoms with Gasteiger partial charge in [0.05, 0.1) is 12.2 Å². The van der Waals surface area contributed by atoms with Crippen LogP contribution in [0.15, 0.2) is 12.1 Å². The Morgan fingerprint density at radius 3 is 2.28 bits per heavy atom. The highest BCUT2D eigenvalue weighted by molar-refractivity contribution is 5.94. The number of imidazole rings is 1. The van der Waals surface area contributed by atoms with Crippen LogP contribution in [-0.4, -0.2) is 81.9 Å². The second-order valence-electron chi connectivity index (χ2n) is 9.15. The minimum absolute atomic E-state index is 0.0246. The monoisotopic (exact) mass is 514 g/mol. The first kappa shape index (κ1) is 26.0. The van der Waals surface area contributed by atoms with E-state index in [0.717, 1.165) is 0 Å². The number of aromatic nitrogens is 2. The standard InChI is InChI=1S/C23H27F5N6O2/c1-31-2-4-32(5-3-31)23(36)20-18-12-33(6-7-34(18)22(30-20)21(27)28)19(35)10-14(29)8-13-9-16(25)17(26)11-15(13)24/h9,11,14,21H,2-8,10,12,29H2,1H3.